The van der Waals surface area contributed by atoms with Crippen molar-refractivity contribution in [2.45, 2.75) is 59.6 Å². The van der Waals surface area contributed by atoms with Gasteiger partial charge in [-0.15, -0.1) is 0 Å². The molecule has 1 amide bonds. The van der Waals surface area contributed by atoms with Crippen LogP contribution in [0.1, 0.15) is 47.5 Å². The highest BCUT2D eigenvalue weighted by atomic mass is 16.7. The summed E-state index contributed by atoms with van der Waals surface area (Å²) in [5.41, 5.74) is 0. The second-order valence-electron chi connectivity index (χ2n) is 5.27. The molecule has 20 heavy (non-hydrogen) atoms. The van der Waals surface area contributed by atoms with Gasteiger partial charge in [0.2, 0.25) is 5.91 Å². The molecule has 6 heteroatoms. The largest absolute Gasteiger partial charge is 0.508 e. The number of carbonyl (C=O) groups is 3. The van der Waals surface area contributed by atoms with Gasteiger partial charge in [-0.2, -0.15) is 0 Å². The SMILES string of the molecule is CC(=O)C(NC(=O)CCCOC(=O)OC(C)C)C(C)C. The van der Waals surface area contributed by atoms with Gasteiger partial charge >= 0.3 is 6.16 Å². The van der Waals surface area contributed by atoms with Crippen LogP contribution in [0.25, 0.3) is 0 Å². The second-order valence-corrected chi connectivity index (χ2v) is 5.27. The molecule has 1 atom stereocenters. The lowest BCUT2D eigenvalue weighted by Crippen LogP contribution is -2.43. The van der Waals surface area contributed by atoms with Crippen LogP contribution in [0.4, 0.5) is 4.79 Å². The first-order chi connectivity index (χ1) is 9.23. The minimum Gasteiger partial charge on any atom is -0.434 e. The molecular formula is C14H25NO5. The molecule has 0 radical (unpaired) electrons. The molecule has 116 valence electrons. The Morgan fingerprint density at radius 3 is 2.15 bits per heavy atom. The van der Waals surface area contributed by atoms with Crippen LogP contribution in [0.3, 0.4) is 0 Å². The second kappa shape index (κ2) is 9.34. The molecule has 0 aliphatic carbocycles. The van der Waals surface area contributed by atoms with E-state index < -0.39 is 12.2 Å². The van der Waals surface area contributed by atoms with Gasteiger partial charge in [-0.3, -0.25) is 9.59 Å². The summed E-state index contributed by atoms with van der Waals surface area (Å²) < 4.78 is 9.57. The minimum absolute atomic E-state index is 0.0497. The van der Waals surface area contributed by atoms with Crippen molar-refractivity contribution in [2.75, 3.05) is 6.61 Å². The van der Waals surface area contributed by atoms with Gasteiger partial charge in [0.05, 0.1) is 18.8 Å². The molecule has 0 aliphatic heterocycles. The maximum atomic E-state index is 11.6. The third kappa shape index (κ3) is 8.50. The van der Waals surface area contributed by atoms with Gasteiger partial charge in [0, 0.05) is 6.42 Å². The molecule has 0 saturated heterocycles. The molecule has 0 heterocycles. The summed E-state index contributed by atoms with van der Waals surface area (Å²) in [7, 11) is 0. The standard InChI is InChI=1S/C14H25NO5/c1-9(2)13(11(5)16)15-12(17)7-6-8-19-14(18)20-10(3)4/h9-10,13H,6-8H2,1-5H3,(H,15,17). The van der Waals surface area contributed by atoms with E-state index in [1.165, 1.54) is 6.92 Å². The van der Waals surface area contributed by atoms with Gasteiger partial charge in [0.1, 0.15) is 0 Å². The van der Waals surface area contributed by atoms with Crippen LogP contribution in [0.5, 0.6) is 0 Å². The molecule has 0 fully saturated rings. The number of hydrogen-bond acceptors (Lipinski definition) is 5. The van der Waals surface area contributed by atoms with Crippen molar-refractivity contribution in [3.63, 3.8) is 0 Å². The third-order valence-electron chi connectivity index (χ3n) is 2.52. The van der Waals surface area contributed by atoms with Crippen molar-refractivity contribution in [2.24, 2.45) is 5.92 Å². The van der Waals surface area contributed by atoms with Crippen LogP contribution in [0.15, 0.2) is 0 Å². The molecule has 0 aromatic heterocycles. The van der Waals surface area contributed by atoms with Gasteiger partial charge in [0.25, 0.3) is 0 Å². The number of carbonyl (C=O) groups excluding carboxylic acids is 3. The number of nitrogens with one attached hydrogen (secondary N) is 1. The van der Waals surface area contributed by atoms with Crippen LogP contribution in [0.2, 0.25) is 0 Å². The van der Waals surface area contributed by atoms with Gasteiger partial charge in [-0.05, 0) is 33.1 Å². The summed E-state index contributed by atoms with van der Waals surface area (Å²) in [5.74, 6) is -0.237. The fraction of sp³-hybridized carbons (Fsp3) is 0.786. The molecule has 0 rings (SSSR count). The summed E-state index contributed by atoms with van der Waals surface area (Å²) in [6, 6.07) is -0.464. The molecule has 0 spiro atoms. The number of ether oxygens (including phenoxy) is 2. The maximum absolute atomic E-state index is 11.6. The number of Topliss-reactive ketones (excluding diaryl/α,β-unsaturated/α-hetero) is 1. The smallest absolute Gasteiger partial charge is 0.434 e. The van der Waals surface area contributed by atoms with Crippen molar-refractivity contribution < 1.29 is 23.9 Å². The summed E-state index contributed by atoms with van der Waals surface area (Å²) in [5, 5.41) is 2.68. The Morgan fingerprint density at radius 2 is 1.70 bits per heavy atom. The lowest BCUT2D eigenvalue weighted by Gasteiger charge is -2.19. The van der Waals surface area contributed by atoms with Gasteiger partial charge in [0.15, 0.2) is 5.78 Å². The third-order valence-corrected chi connectivity index (χ3v) is 2.52. The van der Waals surface area contributed by atoms with E-state index in [1.807, 2.05) is 13.8 Å². The van der Waals surface area contributed by atoms with Crippen molar-refractivity contribution in [3.8, 4) is 0 Å². The first-order valence-electron chi connectivity index (χ1n) is 6.87. The van der Waals surface area contributed by atoms with E-state index in [-0.39, 0.29) is 36.7 Å². The predicted octanol–water partition coefficient (Wildman–Crippen LogP) is 2.06. The molecular weight excluding hydrogens is 262 g/mol. The van der Waals surface area contributed by atoms with E-state index in [9.17, 15) is 14.4 Å². The summed E-state index contributed by atoms with van der Waals surface area (Å²) in [4.78, 5) is 34.1. The highest BCUT2D eigenvalue weighted by Crippen LogP contribution is 2.04. The van der Waals surface area contributed by atoms with Gasteiger partial charge in [-0.25, -0.2) is 4.79 Å². The van der Waals surface area contributed by atoms with Crippen LogP contribution in [-0.2, 0) is 19.1 Å². The molecule has 6 nitrogen and oxygen atoms in total. The first kappa shape index (κ1) is 18.4. The molecule has 0 aromatic carbocycles. The van der Waals surface area contributed by atoms with Crippen LogP contribution < -0.4 is 5.32 Å². The van der Waals surface area contributed by atoms with E-state index in [0.717, 1.165) is 0 Å². The monoisotopic (exact) mass is 287 g/mol. The summed E-state index contributed by atoms with van der Waals surface area (Å²) in [6.07, 6.45) is -0.370. The topological polar surface area (TPSA) is 81.7 Å². The van der Waals surface area contributed by atoms with Crippen molar-refractivity contribution in [1.29, 1.82) is 0 Å². The zero-order chi connectivity index (χ0) is 15.7. The van der Waals surface area contributed by atoms with Crippen LogP contribution in [-0.4, -0.2) is 36.6 Å². The fourth-order valence-electron chi connectivity index (χ4n) is 1.60. The zero-order valence-electron chi connectivity index (χ0n) is 12.9. The van der Waals surface area contributed by atoms with E-state index in [2.05, 4.69) is 5.32 Å². The van der Waals surface area contributed by atoms with Crippen molar-refractivity contribution in [3.05, 3.63) is 0 Å². The van der Waals surface area contributed by atoms with E-state index in [4.69, 9.17) is 9.47 Å². The molecule has 1 unspecified atom stereocenters. The van der Waals surface area contributed by atoms with Crippen molar-refractivity contribution >= 4 is 17.8 Å². The van der Waals surface area contributed by atoms with Gasteiger partial charge in [-0.1, -0.05) is 13.8 Å². The number of hydrogen-bond donors (Lipinski definition) is 1. The Labute approximate surface area is 120 Å². The highest BCUT2D eigenvalue weighted by Gasteiger charge is 2.20. The van der Waals surface area contributed by atoms with E-state index in [0.29, 0.717) is 6.42 Å². The lowest BCUT2D eigenvalue weighted by molar-refractivity contribution is -0.128. The van der Waals surface area contributed by atoms with E-state index >= 15 is 0 Å². The minimum atomic E-state index is -0.732. The average Bonchev–Trinajstić information content (AvgIpc) is 2.30. The molecule has 1 N–H and O–H groups in total. The Hall–Kier alpha value is -1.59. The Morgan fingerprint density at radius 1 is 1.10 bits per heavy atom. The van der Waals surface area contributed by atoms with Crippen molar-refractivity contribution in [1.82, 2.24) is 5.32 Å². The normalized spacial score (nSPS) is 12.2. The van der Waals surface area contributed by atoms with E-state index in [1.54, 1.807) is 13.8 Å². The first-order valence-corrected chi connectivity index (χ1v) is 6.87. The highest BCUT2D eigenvalue weighted by molar-refractivity contribution is 5.87. The summed E-state index contributed by atoms with van der Waals surface area (Å²) in [6.45, 7) is 8.77. The van der Waals surface area contributed by atoms with Gasteiger partial charge < -0.3 is 14.8 Å². The number of rotatable bonds is 8. The molecule has 0 aromatic rings. The predicted molar refractivity (Wildman–Crippen MR) is 74.3 cm³/mol. The van der Waals surface area contributed by atoms with Crippen LogP contribution >= 0.6 is 0 Å². The molecule has 0 aliphatic rings. The molecule has 0 bridgehead atoms. The summed E-state index contributed by atoms with van der Waals surface area (Å²) >= 11 is 0. The average molecular weight is 287 g/mol. The Balaban J connectivity index is 3.89. The Bertz CT molecular complexity index is 338. The maximum Gasteiger partial charge on any atom is 0.508 e. The number of ketones is 1. The Kier molecular flexibility index (Phi) is 8.59. The molecule has 0 saturated carbocycles. The lowest BCUT2D eigenvalue weighted by atomic mass is 10.0. The zero-order valence-corrected chi connectivity index (χ0v) is 12.9. The quantitative estimate of drug-likeness (QED) is 0.546. The van der Waals surface area contributed by atoms with Crippen LogP contribution in [0, 0.1) is 5.92 Å². The number of amides is 1. The fourth-order valence-corrected chi connectivity index (χ4v) is 1.60.